The molecule has 3 aromatic rings. The number of benzene rings is 2. The molecule has 0 aliphatic rings. The van der Waals surface area contributed by atoms with E-state index in [2.05, 4.69) is 15.6 Å². The second-order valence-electron chi connectivity index (χ2n) is 7.20. The number of aromatic hydroxyl groups is 6. The number of carbonyl (C=O) groups excluding carboxylic acids is 1. The number of anilines is 2. The molecule has 3 rings (SSSR count). The summed E-state index contributed by atoms with van der Waals surface area (Å²) in [6, 6.07) is 7.20. The van der Waals surface area contributed by atoms with Gasteiger partial charge in [-0.1, -0.05) is 23.5 Å². The number of carbonyl (C=O) groups is 1. The predicted octanol–water partition coefficient (Wildman–Crippen LogP) is 1.51. The average molecular weight is 477 g/mol. The number of hydrogen-bond donors (Lipinski definition) is 9. The highest BCUT2D eigenvalue weighted by molar-refractivity contribution is 7.17. The second kappa shape index (κ2) is 10.1. The molecule has 1 heterocycles. The van der Waals surface area contributed by atoms with Gasteiger partial charge in [0.25, 0.3) is 0 Å². The molecule has 0 aliphatic carbocycles. The fourth-order valence-electron chi connectivity index (χ4n) is 3.13. The first-order valence-corrected chi connectivity index (χ1v) is 10.7. The Morgan fingerprint density at radius 3 is 2.03 bits per heavy atom. The number of phenolic OH excluding ortho intramolecular Hbond substituents is 5. The van der Waals surface area contributed by atoms with Crippen molar-refractivity contribution in [1.82, 2.24) is 10.3 Å². The lowest BCUT2D eigenvalue weighted by atomic mass is 10.1. The number of nitrogens with zero attached hydrogens (tertiary/aromatic N) is 1. The summed E-state index contributed by atoms with van der Waals surface area (Å²) in [5.74, 6) is -4.46. The summed E-state index contributed by atoms with van der Waals surface area (Å²) in [5.41, 5.74) is 7.25. The summed E-state index contributed by atoms with van der Waals surface area (Å²) < 4.78 is 0. The zero-order valence-electron chi connectivity index (χ0n) is 17.4. The zero-order chi connectivity index (χ0) is 24.1. The average Bonchev–Trinajstić information content (AvgIpc) is 3.10. The second-order valence-corrected chi connectivity index (χ2v) is 8.21. The van der Waals surface area contributed by atoms with E-state index in [9.17, 15) is 35.4 Å². The summed E-state index contributed by atoms with van der Waals surface area (Å²) in [5, 5.41) is 63.9. The van der Waals surface area contributed by atoms with Gasteiger partial charge in [-0.2, -0.15) is 0 Å². The van der Waals surface area contributed by atoms with Crippen molar-refractivity contribution in [2.24, 2.45) is 0 Å². The lowest BCUT2D eigenvalue weighted by molar-refractivity contribution is -0.115. The van der Waals surface area contributed by atoms with Crippen molar-refractivity contribution in [3.05, 3.63) is 41.1 Å². The highest BCUT2D eigenvalue weighted by atomic mass is 32.1. The SMILES string of the molecule is Nc1nc(CC(=O)Nc2ccc(CCNCCc3c(O)c(O)c(O)c(O)c3O)cc2)c(O)s1. The number of thiazole rings is 1. The molecule has 0 unspecified atom stereocenters. The molecule has 10 N–H and O–H groups in total. The molecule has 1 amide bonds. The van der Waals surface area contributed by atoms with Crippen LogP contribution < -0.4 is 16.4 Å². The molecular weight excluding hydrogens is 452 g/mol. The van der Waals surface area contributed by atoms with Gasteiger partial charge >= 0.3 is 0 Å². The number of nitrogen functional groups attached to an aromatic ring is 1. The lowest BCUT2D eigenvalue weighted by Crippen LogP contribution is -2.20. The molecule has 0 atom stereocenters. The molecule has 0 radical (unpaired) electrons. The maximum absolute atomic E-state index is 12.1. The molecule has 33 heavy (non-hydrogen) atoms. The predicted molar refractivity (Wildman–Crippen MR) is 122 cm³/mol. The van der Waals surface area contributed by atoms with Gasteiger partial charge in [-0.05, 0) is 43.6 Å². The maximum atomic E-state index is 12.1. The van der Waals surface area contributed by atoms with Gasteiger partial charge in [-0.3, -0.25) is 4.79 Å². The summed E-state index contributed by atoms with van der Waals surface area (Å²) in [6.45, 7) is 0.890. The molecule has 0 fully saturated rings. The van der Waals surface area contributed by atoms with Crippen LogP contribution >= 0.6 is 11.3 Å². The van der Waals surface area contributed by atoms with Gasteiger partial charge in [0.15, 0.2) is 21.7 Å². The number of phenols is 5. The van der Waals surface area contributed by atoms with Crippen molar-refractivity contribution < 1.29 is 35.4 Å². The van der Waals surface area contributed by atoms with Crippen molar-refractivity contribution in [3.8, 4) is 33.8 Å². The van der Waals surface area contributed by atoms with Crippen LogP contribution in [0, 0.1) is 0 Å². The molecular formula is C21H24N4O7S. The Kier molecular flexibility index (Phi) is 7.30. The van der Waals surface area contributed by atoms with E-state index in [0.29, 0.717) is 25.2 Å². The first-order valence-electron chi connectivity index (χ1n) is 9.88. The van der Waals surface area contributed by atoms with Crippen LogP contribution in [0.3, 0.4) is 0 Å². The topological polar surface area (TPSA) is 201 Å². The Morgan fingerprint density at radius 1 is 0.879 bits per heavy atom. The van der Waals surface area contributed by atoms with Gasteiger partial charge in [0.2, 0.25) is 23.2 Å². The smallest absolute Gasteiger partial charge is 0.230 e. The summed E-state index contributed by atoms with van der Waals surface area (Å²) in [6.07, 6.45) is 0.668. The lowest BCUT2D eigenvalue weighted by Gasteiger charge is -2.12. The van der Waals surface area contributed by atoms with Crippen molar-refractivity contribution >= 4 is 28.1 Å². The molecule has 0 saturated carbocycles. The van der Waals surface area contributed by atoms with Crippen LogP contribution in [0.1, 0.15) is 16.8 Å². The van der Waals surface area contributed by atoms with Gasteiger partial charge in [0, 0.05) is 11.3 Å². The van der Waals surface area contributed by atoms with E-state index in [1.165, 1.54) is 0 Å². The molecule has 0 aliphatic heterocycles. The minimum absolute atomic E-state index is 0.0741. The van der Waals surface area contributed by atoms with Crippen LogP contribution in [-0.2, 0) is 24.1 Å². The number of rotatable bonds is 9. The monoisotopic (exact) mass is 476 g/mol. The third-order valence-electron chi connectivity index (χ3n) is 4.87. The van der Waals surface area contributed by atoms with Crippen LogP contribution in [0.5, 0.6) is 33.8 Å². The Morgan fingerprint density at radius 2 is 1.45 bits per heavy atom. The fourth-order valence-corrected chi connectivity index (χ4v) is 3.72. The Labute approximate surface area is 192 Å². The van der Waals surface area contributed by atoms with E-state index < -0.39 is 28.7 Å². The van der Waals surface area contributed by atoms with E-state index >= 15 is 0 Å². The molecule has 0 saturated heterocycles. The number of aromatic nitrogens is 1. The van der Waals surface area contributed by atoms with Crippen molar-refractivity contribution in [1.29, 1.82) is 0 Å². The third-order valence-corrected chi connectivity index (χ3v) is 5.60. The normalized spacial score (nSPS) is 10.9. The highest BCUT2D eigenvalue weighted by Gasteiger charge is 2.22. The molecule has 1 aromatic heterocycles. The van der Waals surface area contributed by atoms with Crippen molar-refractivity contribution in [2.75, 3.05) is 24.1 Å². The largest absolute Gasteiger partial charge is 0.504 e. The van der Waals surface area contributed by atoms with Gasteiger partial charge in [0.1, 0.15) is 5.69 Å². The van der Waals surface area contributed by atoms with Crippen LogP contribution in [0.25, 0.3) is 0 Å². The van der Waals surface area contributed by atoms with Gasteiger partial charge in [-0.25, -0.2) is 4.98 Å². The van der Waals surface area contributed by atoms with E-state index in [-0.39, 0.29) is 40.2 Å². The molecule has 0 spiro atoms. The molecule has 2 aromatic carbocycles. The van der Waals surface area contributed by atoms with Crippen LogP contribution in [0.4, 0.5) is 10.8 Å². The number of amides is 1. The molecule has 176 valence electrons. The van der Waals surface area contributed by atoms with Gasteiger partial charge < -0.3 is 47.0 Å². The first-order chi connectivity index (χ1) is 15.7. The van der Waals surface area contributed by atoms with Crippen molar-refractivity contribution in [3.63, 3.8) is 0 Å². The van der Waals surface area contributed by atoms with E-state index in [1.807, 2.05) is 12.1 Å². The first kappa shape index (κ1) is 23.8. The fraction of sp³-hybridized carbons (Fsp3) is 0.238. The van der Waals surface area contributed by atoms with Crippen LogP contribution in [-0.4, -0.2) is 54.6 Å². The van der Waals surface area contributed by atoms with Crippen LogP contribution in [0.2, 0.25) is 0 Å². The Bertz CT molecular complexity index is 1120. The zero-order valence-corrected chi connectivity index (χ0v) is 18.2. The Balaban J connectivity index is 1.44. The highest BCUT2D eigenvalue weighted by Crippen LogP contribution is 2.50. The maximum Gasteiger partial charge on any atom is 0.230 e. The molecule has 0 bridgehead atoms. The summed E-state index contributed by atoms with van der Waals surface area (Å²) in [4.78, 5) is 16.0. The summed E-state index contributed by atoms with van der Waals surface area (Å²) in [7, 11) is 0. The number of hydrogen-bond acceptors (Lipinski definition) is 11. The Hall–Kier alpha value is -3.90. The van der Waals surface area contributed by atoms with Crippen molar-refractivity contribution in [2.45, 2.75) is 19.3 Å². The molecule has 11 nitrogen and oxygen atoms in total. The third kappa shape index (κ3) is 5.67. The van der Waals surface area contributed by atoms with Gasteiger partial charge in [0.05, 0.1) is 6.42 Å². The quantitative estimate of drug-likeness (QED) is 0.124. The molecule has 12 heteroatoms. The van der Waals surface area contributed by atoms with Gasteiger partial charge in [-0.15, -0.1) is 0 Å². The minimum Gasteiger partial charge on any atom is -0.504 e. The van der Waals surface area contributed by atoms with Crippen LogP contribution in [0.15, 0.2) is 24.3 Å². The summed E-state index contributed by atoms with van der Waals surface area (Å²) >= 11 is 0.911. The van der Waals surface area contributed by atoms with E-state index in [1.54, 1.807) is 12.1 Å². The number of nitrogens with one attached hydrogen (secondary N) is 2. The standard InChI is InChI=1S/C21H24N4O7S/c22-21-25-13(20(32)33-21)9-14(26)24-11-3-1-10(2-4-11)5-7-23-8-6-12-15(27)17(29)19(31)18(30)16(12)28/h1-4,23,27-32H,5-9H2,(H2,22,25)(H,24,26). The van der Waals surface area contributed by atoms with E-state index in [0.717, 1.165) is 16.9 Å². The van der Waals surface area contributed by atoms with E-state index in [4.69, 9.17) is 5.73 Å². The number of nitrogens with two attached hydrogens (primary N) is 1. The minimum atomic E-state index is -0.979.